The average Bonchev–Trinajstić information content (AvgIpc) is 2.75. The molecule has 17 heteroatoms. The zero-order valence-electron chi connectivity index (χ0n) is 18.6. The maximum absolute atomic E-state index is 12.4. The van der Waals surface area contributed by atoms with Crippen molar-refractivity contribution in [2.75, 3.05) is 0 Å². The van der Waals surface area contributed by atoms with Gasteiger partial charge in [-0.3, -0.25) is 18.5 Å². The van der Waals surface area contributed by atoms with Crippen LogP contribution < -0.4 is 4.74 Å². The molecule has 0 saturated carbocycles. The molecule has 198 valence electrons. The van der Waals surface area contributed by atoms with Gasteiger partial charge in [-0.15, -0.1) is 0 Å². The zero-order valence-corrected chi connectivity index (χ0v) is 21.1. The summed E-state index contributed by atoms with van der Waals surface area (Å²) >= 11 is 0. The fourth-order valence-corrected chi connectivity index (χ4v) is 6.49. The minimum absolute atomic E-state index is 0. The van der Waals surface area contributed by atoms with E-state index in [9.17, 15) is 43.7 Å². The van der Waals surface area contributed by atoms with Gasteiger partial charge in [-0.05, 0) is 18.6 Å². The molecule has 0 atom stereocenters. The van der Waals surface area contributed by atoms with Gasteiger partial charge < -0.3 is 4.74 Å². The topological polar surface area (TPSA) is 189 Å². The monoisotopic (exact) mass is 628 g/mol. The van der Waals surface area contributed by atoms with Crippen molar-refractivity contribution >= 4 is 157 Å². The second-order valence-electron chi connectivity index (χ2n) is 8.17. The summed E-state index contributed by atoms with van der Waals surface area (Å²) in [7, 11) is -14.9. The Labute approximate surface area is 291 Å². The Morgan fingerprint density at radius 3 is 1.46 bits per heavy atom. The van der Waals surface area contributed by atoms with Crippen LogP contribution in [0, 0.1) is 0 Å². The molecule has 0 aliphatic carbocycles. The van der Waals surface area contributed by atoms with Gasteiger partial charge in [-0.2, -0.15) is 25.3 Å². The van der Waals surface area contributed by atoms with E-state index in [1.54, 1.807) is 0 Å². The Morgan fingerprint density at radius 1 is 0.667 bits per heavy atom. The van der Waals surface area contributed by atoms with Crippen LogP contribution in [0.4, 0.5) is 0 Å². The summed E-state index contributed by atoms with van der Waals surface area (Å²) in [6, 6.07) is 6.37. The van der Waals surface area contributed by atoms with Gasteiger partial charge in [0.05, 0.1) is 0 Å². The SMILES string of the molecule is CCCCCC(=O)Oc1cc(S(=O)(=O)O)c2ccc3c(S(=O)(=O)O)cc(S(=O)(=O)O)c4ccc1c2c43.[NaH].[NaH].[NaH]. The van der Waals surface area contributed by atoms with Crippen molar-refractivity contribution in [3.05, 3.63) is 36.4 Å². The molecule has 0 aliphatic rings. The first-order valence-electron chi connectivity index (χ1n) is 10.6. The van der Waals surface area contributed by atoms with Crippen LogP contribution in [0.15, 0.2) is 51.1 Å². The first kappa shape index (κ1) is 37.1. The summed E-state index contributed by atoms with van der Waals surface area (Å²) in [5.74, 6) is -0.950. The molecule has 0 amide bonds. The molecule has 0 saturated heterocycles. The number of unbranched alkanes of at least 4 members (excludes halogenated alkanes) is 2. The van der Waals surface area contributed by atoms with Gasteiger partial charge >= 0.3 is 94.6 Å². The molecular weight excluding hydrogens is 605 g/mol. The molecule has 0 spiro atoms. The molecule has 0 aliphatic heterocycles. The molecule has 11 nitrogen and oxygen atoms in total. The van der Waals surface area contributed by atoms with Gasteiger partial charge in [0.1, 0.15) is 20.4 Å². The Kier molecular flexibility index (Phi) is 13.0. The van der Waals surface area contributed by atoms with Crippen LogP contribution in [0.2, 0.25) is 0 Å². The second-order valence-corrected chi connectivity index (χ2v) is 12.3. The number of benzene rings is 4. The first-order valence-corrected chi connectivity index (χ1v) is 14.9. The molecule has 0 unspecified atom stereocenters. The summed E-state index contributed by atoms with van der Waals surface area (Å²) < 4.78 is 108. The second kappa shape index (κ2) is 13.6. The van der Waals surface area contributed by atoms with Crippen LogP contribution in [-0.4, -0.2) is 134 Å². The fraction of sp³-hybridized carbons (Fsp3) is 0.227. The van der Waals surface area contributed by atoms with Crippen molar-refractivity contribution in [3.8, 4) is 5.75 Å². The number of carbonyl (C=O) groups excluding carboxylic acids is 1. The normalized spacial score (nSPS) is 12.1. The third-order valence-electron chi connectivity index (χ3n) is 5.79. The third-order valence-corrected chi connectivity index (χ3v) is 8.47. The van der Waals surface area contributed by atoms with Crippen LogP contribution in [0.3, 0.4) is 0 Å². The quantitative estimate of drug-likeness (QED) is 0.0645. The maximum atomic E-state index is 12.4. The van der Waals surface area contributed by atoms with Gasteiger partial charge in [0.2, 0.25) is 0 Å². The van der Waals surface area contributed by atoms with E-state index < -0.39 is 51.0 Å². The molecule has 4 aromatic carbocycles. The summed E-state index contributed by atoms with van der Waals surface area (Å²) in [5.41, 5.74) is 0. The van der Waals surface area contributed by atoms with Crippen LogP contribution in [0.5, 0.6) is 5.75 Å². The van der Waals surface area contributed by atoms with Crippen molar-refractivity contribution in [3.63, 3.8) is 0 Å². The predicted molar refractivity (Wildman–Crippen MR) is 151 cm³/mol. The molecule has 39 heavy (non-hydrogen) atoms. The molecule has 0 fully saturated rings. The van der Waals surface area contributed by atoms with E-state index in [1.165, 1.54) is 18.2 Å². The Morgan fingerprint density at radius 2 is 1.05 bits per heavy atom. The van der Waals surface area contributed by atoms with E-state index in [1.807, 2.05) is 6.92 Å². The fourth-order valence-electron chi connectivity index (χ4n) is 4.28. The number of hydrogen-bond acceptors (Lipinski definition) is 8. The molecule has 0 aromatic heterocycles. The molecule has 3 N–H and O–H groups in total. The number of hydrogen-bond donors (Lipinski definition) is 3. The first-order chi connectivity index (χ1) is 16.6. The molecule has 4 aromatic rings. The van der Waals surface area contributed by atoms with E-state index in [4.69, 9.17) is 4.74 Å². The van der Waals surface area contributed by atoms with Gasteiger partial charge in [-0.1, -0.05) is 38.0 Å². The number of rotatable bonds is 8. The van der Waals surface area contributed by atoms with E-state index in [0.29, 0.717) is 12.5 Å². The minimum atomic E-state index is -5.02. The van der Waals surface area contributed by atoms with Gasteiger partial charge in [0.25, 0.3) is 30.4 Å². The standard InChI is InChI=1S/C22H20O11S3.3Na.3H/c1-2-3-4-5-20(23)33-16-10-17(34(24,25)26)13-8-9-15-19(36(30,31)32)11-18(35(27,28)29)14-7-6-12(16)21(13)22(14)15;;;;;;/h6-11H,2-5H2,1H3,(H,24,25,26)(H,27,28,29)(H,30,31,32);;;;;;. The molecule has 4 rings (SSSR count). The van der Waals surface area contributed by atoms with Gasteiger partial charge in [0.15, 0.2) is 0 Å². The zero-order chi connectivity index (χ0) is 26.6. The van der Waals surface area contributed by atoms with Crippen LogP contribution in [-0.2, 0) is 35.1 Å². The van der Waals surface area contributed by atoms with Crippen molar-refractivity contribution in [1.82, 2.24) is 0 Å². The van der Waals surface area contributed by atoms with Crippen LogP contribution in [0.1, 0.15) is 32.6 Å². The predicted octanol–water partition coefficient (Wildman–Crippen LogP) is 1.86. The Balaban J connectivity index is 0.00000253. The van der Waals surface area contributed by atoms with Crippen molar-refractivity contribution < 1.29 is 48.4 Å². The molecule has 0 radical (unpaired) electrons. The summed E-state index contributed by atoms with van der Waals surface area (Å²) in [6.07, 6.45) is 2.13. The number of esters is 1. The molecular formula is C22H23Na3O11S3. The number of carbonyl (C=O) groups is 1. The number of ether oxygens (including phenoxy) is 1. The van der Waals surface area contributed by atoms with Crippen LogP contribution >= 0.6 is 0 Å². The van der Waals surface area contributed by atoms with E-state index in [2.05, 4.69) is 0 Å². The van der Waals surface area contributed by atoms with E-state index in [-0.39, 0.29) is 133 Å². The van der Waals surface area contributed by atoms with Crippen LogP contribution in [0.25, 0.3) is 32.3 Å². The summed E-state index contributed by atoms with van der Waals surface area (Å²) in [5, 5.41) is -0.622. The van der Waals surface area contributed by atoms with Gasteiger partial charge in [0, 0.05) is 44.8 Å². The molecule has 0 bridgehead atoms. The van der Waals surface area contributed by atoms with Gasteiger partial charge in [-0.25, -0.2) is 0 Å². The summed E-state index contributed by atoms with van der Waals surface area (Å²) in [6.45, 7) is 1.94. The van der Waals surface area contributed by atoms with Crippen molar-refractivity contribution in [2.24, 2.45) is 0 Å². The van der Waals surface area contributed by atoms with E-state index in [0.717, 1.165) is 25.0 Å². The average molecular weight is 629 g/mol. The third kappa shape index (κ3) is 7.56. The van der Waals surface area contributed by atoms with Crippen molar-refractivity contribution in [1.29, 1.82) is 0 Å². The Hall–Kier alpha value is 0.120. The summed E-state index contributed by atoms with van der Waals surface area (Å²) in [4.78, 5) is 10.0. The molecule has 0 heterocycles. The Bertz CT molecular complexity index is 1820. The van der Waals surface area contributed by atoms with Crippen molar-refractivity contribution in [2.45, 2.75) is 47.3 Å². The van der Waals surface area contributed by atoms with E-state index >= 15 is 0 Å².